The lowest BCUT2D eigenvalue weighted by molar-refractivity contribution is -0.140. The Bertz CT molecular complexity index is 811. The van der Waals surface area contributed by atoms with Crippen LogP contribution in [0.2, 0.25) is 0 Å². The number of methoxy groups -OCH3 is 1. The number of imide groups is 1. The summed E-state index contributed by atoms with van der Waals surface area (Å²) in [5.74, 6) is 0.459. The average Bonchev–Trinajstić information content (AvgIpc) is 2.96. The first kappa shape index (κ1) is 20.5. The van der Waals surface area contributed by atoms with Crippen molar-refractivity contribution in [2.45, 2.75) is 37.6 Å². The third-order valence-electron chi connectivity index (χ3n) is 6.85. The molecule has 1 spiro atoms. The molecule has 30 heavy (non-hydrogen) atoms. The molecule has 0 unspecified atom stereocenters. The van der Waals surface area contributed by atoms with Gasteiger partial charge in [-0.25, -0.2) is 4.79 Å². The van der Waals surface area contributed by atoms with E-state index in [1.165, 1.54) is 4.90 Å². The number of piperazine rings is 1. The topological polar surface area (TPSA) is 73.4 Å². The number of hydrogen-bond acceptors (Lipinski definition) is 5. The Hall–Kier alpha value is -2.77. The number of anilines is 1. The van der Waals surface area contributed by atoms with Crippen molar-refractivity contribution in [1.29, 1.82) is 0 Å². The van der Waals surface area contributed by atoms with Crippen LogP contribution in [0.3, 0.4) is 0 Å². The molecule has 0 aromatic heterocycles. The molecule has 1 saturated carbocycles. The first-order valence-electron chi connectivity index (χ1n) is 10.7. The number of urea groups is 1. The lowest BCUT2D eigenvalue weighted by Gasteiger charge is -2.37. The normalized spacial score (nSPS) is 21.5. The van der Waals surface area contributed by atoms with Gasteiger partial charge in [-0.1, -0.05) is 19.3 Å². The van der Waals surface area contributed by atoms with Gasteiger partial charge < -0.3 is 19.4 Å². The van der Waals surface area contributed by atoms with Gasteiger partial charge in [-0.3, -0.25) is 14.5 Å². The summed E-state index contributed by atoms with van der Waals surface area (Å²) in [6.45, 7) is 2.41. The molecule has 8 heteroatoms. The molecule has 8 nitrogen and oxygen atoms in total. The summed E-state index contributed by atoms with van der Waals surface area (Å²) in [4.78, 5) is 45.4. The van der Waals surface area contributed by atoms with E-state index in [4.69, 9.17) is 4.74 Å². The van der Waals surface area contributed by atoms with E-state index in [9.17, 15) is 14.4 Å². The summed E-state index contributed by atoms with van der Waals surface area (Å²) < 4.78 is 5.20. The van der Waals surface area contributed by atoms with Crippen LogP contribution in [0.15, 0.2) is 24.3 Å². The number of hydrogen-bond donors (Lipinski definition) is 0. The quantitative estimate of drug-likeness (QED) is 0.704. The molecular weight excluding hydrogens is 384 g/mol. The van der Waals surface area contributed by atoms with Gasteiger partial charge in [-0.15, -0.1) is 0 Å². The van der Waals surface area contributed by atoms with E-state index in [2.05, 4.69) is 4.90 Å². The fourth-order valence-corrected chi connectivity index (χ4v) is 4.91. The standard InChI is InChI=1S/C22H30N4O4/c1-23-21(29)26(20(28)22(23)10-4-3-5-11-22)16-19(27)25-14-12-24(13-15-25)17-6-8-18(30-2)9-7-17/h6-9H,3-5,10-16H2,1-2H3. The SMILES string of the molecule is COc1ccc(N2CCN(C(=O)CN3C(=O)N(C)C4(CCCCC4)C3=O)CC2)cc1. The Labute approximate surface area is 177 Å². The largest absolute Gasteiger partial charge is 0.497 e. The van der Waals surface area contributed by atoms with E-state index in [0.717, 1.165) is 30.7 Å². The van der Waals surface area contributed by atoms with E-state index >= 15 is 0 Å². The third-order valence-corrected chi connectivity index (χ3v) is 6.85. The zero-order chi connectivity index (χ0) is 21.3. The summed E-state index contributed by atoms with van der Waals surface area (Å²) in [5, 5.41) is 0. The highest BCUT2D eigenvalue weighted by molar-refractivity contribution is 6.09. The Morgan fingerprint density at radius 3 is 2.23 bits per heavy atom. The number of rotatable bonds is 4. The van der Waals surface area contributed by atoms with Gasteiger partial charge in [0.1, 0.15) is 17.8 Å². The van der Waals surface area contributed by atoms with Crippen LogP contribution in [-0.2, 0) is 9.59 Å². The van der Waals surface area contributed by atoms with Crippen LogP contribution in [-0.4, -0.2) is 85.0 Å². The average molecular weight is 415 g/mol. The summed E-state index contributed by atoms with van der Waals surface area (Å²) in [6, 6.07) is 7.53. The lowest BCUT2D eigenvalue weighted by atomic mass is 9.81. The highest BCUT2D eigenvalue weighted by Crippen LogP contribution is 2.39. The van der Waals surface area contributed by atoms with Gasteiger partial charge in [0, 0.05) is 38.9 Å². The van der Waals surface area contributed by atoms with Crippen LogP contribution in [0.1, 0.15) is 32.1 Å². The smallest absolute Gasteiger partial charge is 0.327 e. The molecule has 1 aromatic carbocycles. The maximum atomic E-state index is 13.1. The fourth-order valence-electron chi connectivity index (χ4n) is 4.91. The molecule has 0 bridgehead atoms. The second-order valence-corrected chi connectivity index (χ2v) is 8.39. The number of carbonyl (C=O) groups excluding carboxylic acids is 3. The molecule has 3 aliphatic rings. The summed E-state index contributed by atoms with van der Waals surface area (Å²) in [6.07, 6.45) is 4.37. The number of ether oxygens (including phenoxy) is 1. The summed E-state index contributed by atoms with van der Waals surface area (Å²) in [7, 11) is 3.34. The molecule has 0 atom stereocenters. The molecule has 1 aromatic rings. The van der Waals surface area contributed by atoms with Gasteiger partial charge in [0.15, 0.2) is 0 Å². The zero-order valence-electron chi connectivity index (χ0n) is 17.8. The predicted octanol–water partition coefficient (Wildman–Crippen LogP) is 1.94. The van der Waals surface area contributed by atoms with Gasteiger partial charge >= 0.3 is 6.03 Å². The molecule has 1 aliphatic carbocycles. The van der Waals surface area contributed by atoms with Crippen molar-refractivity contribution in [2.75, 3.05) is 51.8 Å². The molecule has 4 rings (SSSR count). The number of benzene rings is 1. The van der Waals surface area contributed by atoms with E-state index in [0.29, 0.717) is 39.0 Å². The van der Waals surface area contributed by atoms with Crippen LogP contribution in [0, 0.1) is 0 Å². The minimum Gasteiger partial charge on any atom is -0.497 e. The predicted molar refractivity (Wildman–Crippen MR) is 112 cm³/mol. The van der Waals surface area contributed by atoms with Crippen molar-refractivity contribution < 1.29 is 19.1 Å². The van der Waals surface area contributed by atoms with Crippen molar-refractivity contribution in [2.24, 2.45) is 0 Å². The summed E-state index contributed by atoms with van der Waals surface area (Å²) in [5.41, 5.74) is 0.358. The van der Waals surface area contributed by atoms with Crippen LogP contribution in [0.5, 0.6) is 5.75 Å². The first-order chi connectivity index (χ1) is 14.5. The monoisotopic (exact) mass is 414 g/mol. The molecule has 2 saturated heterocycles. The second-order valence-electron chi connectivity index (χ2n) is 8.39. The number of likely N-dealkylation sites (N-methyl/N-ethyl adjacent to an activating group) is 1. The maximum absolute atomic E-state index is 13.1. The molecule has 162 valence electrons. The van der Waals surface area contributed by atoms with Crippen LogP contribution < -0.4 is 9.64 Å². The van der Waals surface area contributed by atoms with Crippen LogP contribution >= 0.6 is 0 Å². The van der Waals surface area contributed by atoms with Crippen molar-refractivity contribution in [3.05, 3.63) is 24.3 Å². The Kier molecular flexibility index (Phi) is 5.58. The molecular formula is C22H30N4O4. The molecule has 4 amide bonds. The second kappa shape index (κ2) is 8.16. The number of amides is 4. The van der Waals surface area contributed by atoms with Gasteiger partial charge in [-0.05, 0) is 37.1 Å². The third kappa shape index (κ3) is 3.48. The van der Waals surface area contributed by atoms with E-state index < -0.39 is 5.54 Å². The molecule has 2 aliphatic heterocycles. The highest BCUT2D eigenvalue weighted by Gasteiger charge is 2.56. The van der Waals surface area contributed by atoms with E-state index in [-0.39, 0.29) is 24.4 Å². The Morgan fingerprint density at radius 1 is 1.00 bits per heavy atom. The highest BCUT2D eigenvalue weighted by atomic mass is 16.5. The maximum Gasteiger partial charge on any atom is 0.327 e. The molecule has 0 N–H and O–H groups in total. The number of nitrogens with zero attached hydrogens (tertiary/aromatic N) is 4. The van der Waals surface area contributed by atoms with E-state index in [1.807, 2.05) is 24.3 Å². The first-order valence-corrected chi connectivity index (χ1v) is 10.7. The molecule has 3 fully saturated rings. The van der Waals surface area contributed by atoms with Gasteiger partial charge in [0.25, 0.3) is 5.91 Å². The van der Waals surface area contributed by atoms with Crippen molar-refractivity contribution in [1.82, 2.24) is 14.7 Å². The Morgan fingerprint density at radius 2 is 1.63 bits per heavy atom. The zero-order valence-corrected chi connectivity index (χ0v) is 17.8. The van der Waals surface area contributed by atoms with Gasteiger partial charge in [-0.2, -0.15) is 0 Å². The minimum absolute atomic E-state index is 0.160. The summed E-state index contributed by atoms with van der Waals surface area (Å²) >= 11 is 0. The van der Waals surface area contributed by atoms with Gasteiger partial charge in [0.05, 0.1) is 7.11 Å². The molecule has 2 heterocycles. The Balaban J connectivity index is 1.35. The van der Waals surface area contributed by atoms with Crippen molar-refractivity contribution in [3.63, 3.8) is 0 Å². The lowest BCUT2D eigenvalue weighted by Crippen LogP contribution is -2.52. The van der Waals surface area contributed by atoms with Crippen molar-refractivity contribution in [3.8, 4) is 5.75 Å². The van der Waals surface area contributed by atoms with Crippen LogP contribution in [0.4, 0.5) is 10.5 Å². The molecule has 0 radical (unpaired) electrons. The van der Waals surface area contributed by atoms with E-state index in [1.54, 1.807) is 24.0 Å². The number of carbonyl (C=O) groups is 3. The fraction of sp³-hybridized carbons (Fsp3) is 0.591. The van der Waals surface area contributed by atoms with Crippen LogP contribution in [0.25, 0.3) is 0 Å². The minimum atomic E-state index is -0.733. The van der Waals surface area contributed by atoms with Crippen molar-refractivity contribution >= 4 is 23.5 Å². The van der Waals surface area contributed by atoms with Gasteiger partial charge in [0.2, 0.25) is 5.91 Å².